The first-order valence-corrected chi connectivity index (χ1v) is 8.33. The van der Waals surface area contributed by atoms with E-state index in [2.05, 4.69) is 4.98 Å². The second kappa shape index (κ2) is 6.41. The van der Waals surface area contributed by atoms with Crippen LogP contribution in [0.2, 0.25) is 0 Å². The summed E-state index contributed by atoms with van der Waals surface area (Å²) < 4.78 is 1.69. The molecule has 0 spiro atoms. The Labute approximate surface area is 150 Å². The molecule has 4 rings (SSSR count). The van der Waals surface area contributed by atoms with E-state index in [0.717, 1.165) is 11.1 Å². The minimum Gasteiger partial charge on any atom is -0.296 e. The number of hydrogen-bond acceptors (Lipinski definition) is 3. The largest absolute Gasteiger partial charge is 0.296 e. The summed E-state index contributed by atoms with van der Waals surface area (Å²) in [6.45, 7) is 1.97. The standard InChI is InChI=1S/C22H16N2O2/c1-15-12-13-24-18(14-15)23-19(16-8-4-2-5-9-16)20(24)22(26)21(25)17-10-6-3-7-11-17/h2-14H,1H3. The fourth-order valence-electron chi connectivity index (χ4n) is 2.99. The van der Waals surface area contributed by atoms with Crippen LogP contribution in [0.5, 0.6) is 0 Å². The van der Waals surface area contributed by atoms with Gasteiger partial charge in [0.1, 0.15) is 17.0 Å². The molecule has 0 atom stereocenters. The maximum Gasteiger partial charge on any atom is 0.252 e. The lowest BCUT2D eigenvalue weighted by Gasteiger charge is -2.05. The van der Waals surface area contributed by atoms with E-state index in [1.54, 1.807) is 34.9 Å². The first kappa shape index (κ1) is 16.0. The van der Waals surface area contributed by atoms with Crippen LogP contribution in [-0.4, -0.2) is 21.0 Å². The van der Waals surface area contributed by atoms with Gasteiger partial charge >= 0.3 is 0 Å². The molecule has 2 aromatic carbocycles. The number of nitrogens with zero attached hydrogens (tertiary/aromatic N) is 2. The number of aryl methyl sites for hydroxylation is 1. The quantitative estimate of drug-likeness (QED) is 0.409. The molecule has 4 nitrogen and oxygen atoms in total. The van der Waals surface area contributed by atoms with Crippen molar-refractivity contribution in [3.63, 3.8) is 0 Å². The number of carbonyl (C=O) groups excluding carboxylic acids is 2. The predicted octanol–water partition coefficient (Wildman–Crippen LogP) is 4.38. The van der Waals surface area contributed by atoms with Gasteiger partial charge in [0, 0.05) is 17.3 Å². The zero-order valence-electron chi connectivity index (χ0n) is 14.2. The molecule has 0 amide bonds. The molecule has 0 radical (unpaired) electrons. The average molecular weight is 340 g/mol. The van der Waals surface area contributed by atoms with Crippen LogP contribution in [0.1, 0.15) is 26.4 Å². The predicted molar refractivity (Wildman–Crippen MR) is 100 cm³/mol. The number of benzene rings is 2. The van der Waals surface area contributed by atoms with Crippen molar-refractivity contribution < 1.29 is 9.59 Å². The van der Waals surface area contributed by atoms with Crippen molar-refractivity contribution in [3.05, 3.63) is 95.8 Å². The molecular formula is C22H16N2O2. The number of Topliss-reactive ketones (excluding diaryl/α,β-unsaturated/α-hetero) is 2. The molecule has 0 bridgehead atoms. The average Bonchev–Trinajstić information content (AvgIpc) is 3.06. The second-order valence-corrected chi connectivity index (χ2v) is 6.13. The fourth-order valence-corrected chi connectivity index (χ4v) is 2.99. The number of carbonyl (C=O) groups is 2. The van der Waals surface area contributed by atoms with E-state index in [4.69, 9.17) is 0 Å². The van der Waals surface area contributed by atoms with Crippen molar-refractivity contribution >= 4 is 17.2 Å². The van der Waals surface area contributed by atoms with Gasteiger partial charge in [-0.25, -0.2) is 4.98 Å². The minimum atomic E-state index is -0.564. The summed E-state index contributed by atoms with van der Waals surface area (Å²) in [5.74, 6) is -1.10. The van der Waals surface area contributed by atoms with Crippen LogP contribution in [0.3, 0.4) is 0 Å². The molecule has 26 heavy (non-hydrogen) atoms. The summed E-state index contributed by atoms with van der Waals surface area (Å²) >= 11 is 0. The normalized spacial score (nSPS) is 10.8. The highest BCUT2D eigenvalue weighted by Gasteiger charge is 2.26. The highest BCUT2D eigenvalue weighted by atomic mass is 16.2. The number of rotatable bonds is 4. The fraction of sp³-hybridized carbons (Fsp3) is 0.0455. The number of aromatic nitrogens is 2. The summed E-state index contributed by atoms with van der Waals surface area (Å²) in [4.78, 5) is 30.5. The first-order valence-electron chi connectivity index (χ1n) is 8.33. The molecule has 4 aromatic rings. The molecule has 0 unspecified atom stereocenters. The molecule has 126 valence electrons. The molecule has 0 aliphatic carbocycles. The van der Waals surface area contributed by atoms with Gasteiger partial charge in [0.25, 0.3) is 5.78 Å². The van der Waals surface area contributed by atoms with Crippen molar-refractivity contribution in [2.24, 2.45) is 0 Å². The lowest BCUT2D eigenvalue weighted by atomic mass is 10.0. The van der Waals surface area contributed by atoms with E-state index in [1.165, 1.54) is 0 Å². The molecule has 4 heteroatoms. The molecule has 0 saturated carbocycles. The maximum absolute atomic E-state index is 13.1. The van der Waals surface area contributed by atoms with E-state index in [0.29, 0.717) is 22.6 Å². The van der Waals surface area contributed by atoms with Crippen LogP contribution < -0.4 is 0 Å². The number of ketones is 2. The van der Waals surface area contributed by atoms with Gasteiger partial charge in [-0.15, -0.1) is 0 Å². The summed E-state index contributed by atoms with van der Waals surface area (Å²) in [5.41, 5.74) is 3.67. The third-order valence-corrected chi connectivity index (χ3v) is 4.29. The highest BCUT2D eigenvalue weighted by Crippen LogP contribution is 2.26. The Kier molecular flexibility index (Phi) is 3.93. The van der Waals surface area contributed by atoms with Crippen molar-refractivity contribution in [2.75, 3.05) is 0 Å². The van der Waals surface area contributed by atoms with E-state index in [-0.39, 0.29) is 0 Å². The van der Waals surface area contributed by atoms with Crippen LogP contribution in [0.25, 0.3) is 16.9 Å². The van der Waals surface area contributed by atoms with E-state index >= 15 is 0 Å². The van der Waals surface area contributed by atoms with Crippen LogP contribution in [0, 0.1) is 6.92 Å². The van der Waals surface area contributed by atoms with Crippen molar-refractivity contribution in [2.45, 2.75) is 6.92 Å². The first-order chi connectivity index (χ1) is 12.6. The van der Waals surface area contributed by atoms with E-state index < -0.39 is 11.6 Å². The Hall–Kier alpha value is -3.53. The van der Waals surface area contributed by atoms with Gasteiger partial charge in [-0.1, -0.05) is 60.7 Å². The van der Waals surface area contributed by atoms with Gasteiger partial charge in [0.2, 0.25) is 5.78 Å². The Morgan fingerprint density at radius 2 is 1.50 bits per heavy atom. The molecule has 0 N–H and O–H groups in total. The minimum absolute atomic E-state index is 0.292. The van der Waals surface area contributed by atoms with Gasteiger partial charge in [0.05, 0.1) is 0 Å². The zero-order valence-corrected chi connectivity index (χ0v) is 14.2. The number of hydrogen-bond donors (Lipinski definition) is 0. The van der Waals surface area contributed by atoms with E-state index in [1.807, 2.05) is 55.5 Å². The van der Waals surface area contributed by atoms with Crippen LogP contribution in [0.4, 0.5) is 0 Å². The molecule has 0 aliphatic rings. The van der Waals surface area contributed by atoms with Gasteiger partial charge in [-0.2, -0.15) is 0 Å². The second-order valence-electron chi connectivity index (χ2n) is 6.13. The molecular weight excluding hydrogens is 324 g/mol. The molecule has 2 heterocycles. The topological polar surface area (TPSA) is 51.4 Å². The third-order valence-electron chi connectivity index (χ3n) is 4.29. The van der Waals surface area contributed by atoms with Crippen LogP contribution in [-0.2, 0) is 0 Å². The smallest absolute Gasteiger partial charge is 0.252 e. The van der Waals surface area contributed by atoms with Crippen LogP contribution >= 0.6 is 0 Å². The lowest BCUT2D eigenvalue weighted by Crippen LogP contribution is -2.17. The van der Waals surface area contributed by atoms with Crippen molar-refractivity contribution in [1.29, 1.82) is 0 Å². The van der Waals surface area contributed by atoms with Crippen molar-refractivity contribution in [1.82, 2.24) is 9.38 Å². The number of pyridine rings is 1. The highest BCUT2D eigenvalue weighted by molar-refractivity contribution is 6.49. The van der Waals surface area contributed by atoms with Gasteiger partial charge in [0.15, 0.2) is 0 Å². The zero-order chi connectivity index (χ0) is 18.1. The maximum atomic E-state index is 13.1. The number of imidazole rings is 1. The van der Waals surface area contributed by atoms with Crippen LogP contribution in [0.15, 0.2) is 79.0 Å². The van der Waals surface area contributed by atoms with Gasteiger partial charge in [-0.05, 0) is 24.6 Å². The van der Waals surface area contributed by atoms with E-state index in [9.17, 15) is 9.59 Å². The number of fused-ring (bicyclic) bond motifs is 1. The Bertz CT molecular complexity index is 1110. The van der Waals surface area contributed by atoms with Gasteiger partial charge in [-0.3, -0.25) is 14.0 Å². The summed E-state index contributed by atoms with van der Waals surface area (Å²) in [7, 11) is 0. The molecule has 2 aromatic heterocycles. The van der Waals surface area contributed by atoms with Crippen molar-refractivity contribution in [3.8, 4) is 11.3 Å². The Balaban J connectivity index is 1.93. The third kappa shape index (κ3) is 2.71. The summed E-state index contributed by atoms with van der Waals surface area (Å²) in [6.07, 6.45) is 1.79. The molecule has 0 saturated heterocycles. The molecule has 0 aliphatic heterocycles. The van der Waals surface area contributed by atoms with Gasteiger partial charge < -0.3 is 0 Å². The monoisotopic (exact) mass is 340 g/mol. The Morgan fingerprint density at radius 1 is 0.846 bits per heavy atom. The SMILES string of the molecule is Cc1ccn2c(C(=O)C(=O)c3ccccc3)c(-c3ccccc3)nc2c1. The summed E-state index contributed by atoms with van der Waals surface area (Å²) in [5, 5.41) is 0. The Morgan fingerprint density at radius 3 is 2.19 bits per heavy atom. The lowest BCUT2D eigenvalue weighted by molar-refractivity contribution is 0.0814. The molecule has 0 fully saturated rings. The summed E-state index contributed by atoms with van der Waals surface area (Å²) in [6, 6.07) is 21.8.